The molecule has 24 aromatic rings. The lowest BCUT2D eigenvalue weighted by molar-refractivity contribution is 1.16. The number of benzene rings is 16. The van der Waals surface area contributed by atoms with E-state index in [-0.39, 0.29) is 0 Å². The highest BCUT2D eigenvalue weighted by molar-refractivity contribution is 7.26. The van der Waals surface area contributed by atoms with Crippen LogP contribution in [0.5, 0.6) is 0 Å². The Morgan fingerprint density at radius 2 is 0.500 bits per heavy atom. The molecular formula is C106H64N6S2. The Morgan fingerprint density at radius 1 is 0.184 bits per heavy atom. The van der Waals surface area contributed by atoms with Gasteiger partial charge in [-0.3, -0.25) is 4.98 Å². The minimum absolute atomic E-state index is 0.904. The van der Waals surface area contributed by atoms with Gasteiger partial charge >= 0.3 is 0 Å². The molecule has 0 aliphatic heterocycles. The third-order valence-electron chi connectivity index (χ3n) is 23.6. The lowest BCUT2D eigenvalue weighted by atomic mass is 9.97. The van der Waals surface area contributed by atoms with Crippen molar-refractivity contribution in [1.29, 1.82) is 0 Å². The van der Waals surface area contributed by atoms with Crippen LogP contribution in [0.4, 0.5) is 0 Å². The van der Waals surface area contributed by atoms with Gasteiger partial charge < -0.3 is 18.3 Å². The van der Waals surface area contributed by atoms with Crippen molar-refractivity contribution in [3.05, 3.63) is 388 Å². The van der Waals surface area contributed by atoms with Gasteiger partial charge in [0.05, 0.1) is 61.2 Å². The van der Waals surface area contributed by atoms with Crippen molar-refractivity contribution in [2.24, 2.45) is 0 Å². The fourth-order valence-electron chi connectivity index (χ4n) is 18.4. The van der Waals surface area contributed by atoms with Crippen LogP contribution in [0.3, 0.4) is 0 Å². The number of rotatable bonds is 11. The Morgan fingerprint density at radius 3 is 0.956 bits per heavy atom. The Kier molecular flexibility index (Phi) is 14.4. The molecule has 0 spiro atoms. The van der Waals surface area contributed by atoms with E-state index < -0.39 is 0 Å². The van der Waals surface area contributed by atoms with E-state index in [1.54, 1.807) is 0 Å². The number of fused-ring (bicyclic) bond motifs is 18. The first-order valence-corrected chi connectivity index (χ1v) is 40.4. The van der Waals surface area contributed by atoms with E-state index in [9.17, 15) is 0 Å². The number of aromatic nitrogens is 6. The van der Waals surface area contributed by atoms with Gasteiger partial charge in [-0.05, 0) is 208 Å². The summed E-state index contributed by atoms with van der Waals surface area (Å²) in [5, 5.41) is 14.6. The number of thiophene rings is 2. The molecule has 24 rings (SSSR count). The maximum absolute atomic E-state index is 5.60. The van der Waals surface area contributed by atoms with Gasteiger partial charge in [0.15, 0.2) is 0 Å². The molecule has 0 amide bonds. The Balaban J connectivity index is 0.609. The second kappa shape index (κ2) is 25.5. The first-order valence-electron chi connectivity index (χ1n) is 38.8. The van der Waals surface area contributed by atoms with Crippen LogP contribution in [0.1, 0.15) is 0 Å². The summed E-state index contributed by atoms with van der Waals surface area (Å²) >= 11 is 3.75. The molecule has 0 aliphatic carbocycles. The van der Waals surface area contributed by atoms with Gasteiger partial charge in [-0.15, -0.1) is 22.7 Å². The molecule has 0 unspecified atom stereocenters. The lowest BCUT2D eigenvalue weighted by Crippen LogP contribution is -1.96. The van der Waals surface area contributed by atoms with Crippen molar-refractivity contribution in [3.8, 4) is 101 Å². The molecular weight excluding hydrogens is 1420 g/mol. The summed E-state index contributed by atoms with van der Waals surface area (Å²) in [5.41, 5.74) is 29.0. The minimum Gasteiger partial charge on any atom is -0.309 e. The van der Waals surface area contributed by atoms with E-state index in [0.29, 0.717) is 0 Å². The van der Waals surface area contributed by atoms with Crippen molar-refractivity contribution in [3.63, 3.8) is 0 Å². The first kappa shape index (κ1) is 64.3. The summed E-state index contributed by atoms with van der Waals surface area (Å²) in [5.74, 6) is 0. The summed E-state index contributed by atoms with van der Waals surface area (Å²) in [7, 11) is 0. The average molecular weight is 1490 g/mol. The van der Waals surface area contributed by atoms with Crippen LogP contribution >= 0.6 is 22.7 Å². The van der Waals surface area contributed by atoms with Crippen molar-refractivity contribution in [1.82, 2.24) is 28.2 Å². The SMILES string of the molecule is c1ccc(-c2ccc3c(c2)c2cc(-n4c5ccccc5c5cc(-c6cccc(-c7ccc8c(c7)c7cc(-n9c%10ccccc%10c%10ccccc%109)ccc7n8-c7cccc(-c8cccc(-c9cccc%10c9sc9ccccc9%10)c8)c7)n6)ccc54)ccc2n3-c2cccc(-c3cccc(-c4cccc5c4sc4ccccc45)c3)c2)nc1. The topological polar surface area (TPSA) is 45.5 Å². The van der Waals surface area contributed by atoms with Gasteiger partial charge in [0.1, 0.15) is 0 Å². The lowest BCUT2D eigenvalue weighted by Gasteiger charge is -2.13. The van der Waals surface area contributed by atoms with E-state index in [0.717, 1.165) is 128 Å². The second-order valence-electron chi connectivity index (χ2n) is 29.9. The van der Waals surface area contributed by atoms with Crippen molar-refractivity contribution < 1.29 is 0 Å². The zero-order valence-corrected chi connectivity index (χ0v) is 63.1. The molecule has 0 fully saturated rings. The van der Waals surface area contributed by atoms with Crippen LogP contribution in [0.15, 0.2) is 388 Å². The van der Waals surface area contributed by atoms with Gasteiger partial charge in [0.2, 0.25) is 0 Å². The highest BCUT2D eigenvalue weighted by atomic mass is 32.1. The molecule has 0 saturated heterocycles. The van der Waals surface area contributed by atoms with Crippen LogP contribution in [-0.4, -0.2) is 28.2 Å². The van der Waals surface area contributed by atoms with Crippen LogP contribution in [0.2, 0.25) is 0 Å². The van der Waals surface area contributed by atoms with E-state index in [4.69, 9.17) is 9.97 Å². The molecule has 0 N–H and O–H groups in total. The smallest absolute Gasteiger partial charge is 0.0709 e. The molecule has 16 aromatic carbocycles. The van der Waals surface area contributed by atoms with E-state index in [1.807, 2.05) is 34.9 Å². The van der Waals surface area contributed by atoms with Gasteiger partial charge in [-0.25, -0.2) is 4.98 Å². The van der Waals surface area contributed by atoms with Crippen LogP contribution in [-0.2, 0) is 0 Å². The quantitative estimate of drug-likeness (QED) is 0.130. The normalized spacial score (nSPS) is 12.0. The van der Waals surface area contributed by atoms with Crippen LogP contribution in [0.25, 0.3) is 229 Å². The minimum atomic E-state index is 0.904. The molecule has 6 nitrogen and oxygen atoms in total. The molecule has 8 aromatic heterocycles. The molecule has 114 heavy (non-hydrogen) atoms. The summed E-state index contributed by atoms with van der Waals surface area (Å²) in [6.45, 7) is 0. The predicted octanol–water partition coefficient (Wildman–Crippen LogP) is 29.3. The zero-order chi connectivity index (χ0) is 74.6. The summed E-state index contributed by atoms with van der Waals surface area (Å²) in [6, 6.07) is 141. The molecule has 0 bridgehead atoms. The zero-order valence-electron chi connectivity index (χ0n) is 61.5. The van der Waals surface area contributed by atoms with Crippen molar-refractivity contribution in [2.75, 3.05) is 0 Å². The number of para-hydroxylation sites is 3. The number of nitrogens with zero attached hydrogens (tertiary/aromatic N) is 6. The average Bonchev–Trinajstić information content (AvgIpc) is 1.57. The predicted molar refractivity (Wildman–Crippen MR) is 483 cm³/mol. The second-order valence-corrected chi connectivity index (χ2v) is 32.0. The van der Waals surface area contributed by atoms with E-state index in [2.05, 4.69) is 394 Å². The first-order chi connectivity index (χ1) is 56.5. The third kappa shape index (κ3) is 10.1. The third-order valence-corrected chi connectivity index (χ3v) is 26.0. The molecule has 0 saturated carbocycles. The molecule has 0 aliphatic rings. The summed E-state index contributed by atoms with van der Waals surface area (Å²) in [4.78, 5) is 10.4. The van der Waals surface area contributed by atoms with Crippen LogP contribution in [0, 0.1) is 0 Å². The van der Waals surface area contributed by atoms with Crippen molar-refractivity contribution in [2.45, 2.75) is 0 Å². The Labute approximate surface area is 663 Å². The van der Waals surface area contributed by atoms with Crippen molar-refractivity contribution >= 4 is 150 Å². The molecule has 8 heteroatoms. The Hall–Kier alpha value is -14.5. The number of pyridine rings is 2. The highest BCUT2D eigenvalue weighted by Gasteiger charge is 2.23. The number of hydrogen-bond donors (Lipinski definition) is 0. The van der Waals surface area contributed by atoms with Gasteiger partial charge in [-0.1, -0.05) is 218 Å². The summed E-state index contributed by atoms with van der Waals surface area (Å²) in [6.07, 6.45) is 1.88. The fraction of sp³-hybridized carbons (Fsp3) is 0. The maximum Gasteiger partial charge on any atom is 0.0709 e. The fourth-order valence-corrected chi connectivity index (χ4v) is 20.9. The van der Waals surface area contributed by atoms with Gasteiger partial charge in [-0.2, -0.15) is 0 Å². The summed E-state index contributed by atoms with van der Waals surface area (Å²) < 4.78 is 15.0. The molecule has 0 radical (unpaired) electrons. The van der Waals surface area contributed by atoms with Gasteiger partial charge in [0, 0.05) is 129 Å². The highest BCUT2D eigenvalue weighted by Crippen LogP contribution is 2.47. The molecule has 0 atom stereocenters. The van der Waals surface area contributed by atoms with E-state index >= 15 is 0 Å². The van der Waals surface area contributed by atoms with Crippen LogP contribution < -0.4 is 0 Å². The maximum atomic E-state index is 5.60. The number of hydrogen-bond acceptors (Lipinski definition) is 4. The molecule has 530 valence electrons. The monoisotopic (exact) mass is 1480 g/mol. The van der Waals surface area contributed by atoms with E-state index in [1.165, 1.54) is 101 Å². The van der Waals surface area contributed by atoms with Gasteiger partial charge in [0.25, 0.3) is 0 Å². The standard InChI is InChI=1S/C106H64N6S2/c1-6-40-95-80(28-1)81-29-2-7-41-96(81)111(95)76-48-53-102-91(63-76)89-62-73(47-52-100(89)110(102)75-27-16-23-68(59-75)66-21-14-25-70(57-66)79-34-18-36-86-84-32-5-10-44-104(84)114-106(79)86)94-39-19-38-93(108-94)72-46-51-98-87(61-72)82-30-3-8-42-97(82)112(98)77-49-54-101-90(64-77)88-60-71(92-37-11-12-55-107-92)45-50-99(88)109(101)74-26-15-22-67(58-74)65-20-13-24-69(56-65)78-33-17-35-85-83-31-4-9-43-103(83)113-105(78)85/h1-64H. The molecule has 8 heterocycles. The largest absolute Gasteiger partial charge is 0.309 e. The Bertz CT molecular complexity index is 8090.